The standard InChI is InChI=1S/C35H24O/c36-31-16-15-25-17-28(13-11-26(25)18-31)33-21-30(24-9-5-2-6-10-24)22-35-32-19-27(23-7-3-1-4-8-23)12-14-29(32)20-34(33)35/h1-19,21-22,36H,20H2. The van der Waals surface area contributed by atoms with E-state index in [4.69, 9.17) is 0 Å². The van der Waals surface area contributed by atoms with Crippen molar-refractivity contribution in [2.24, 2.45) is 0 Å². The van der Waals surface area contributed by atoms with E-state index in [9.17, 15) is 5.11 Å². The van der Waals surface area contributed by atoms with Crippen LogP contribution in [-0.2, 0) is 6.42 Å². The summed E-state index contributed by atoms with van der Waals surface area (Å²) in [5, 5.41) is 12.1. The Balaban J connectivity index is 1.45. The van der Waals surface area contributed by atoms with Gasteiger partial charge in [0, 0.05) is 0 Å². The van der Waals surface area contributed by atoms with Crippen molar-refractivity contribution in [3.63, 3.8) is 0 Å². The Bertz CT molecular complexity index is 1750. The number of phenolic OH excluding ortho intramolecular Hbond substituents is 1. The molecule has 0 fully saturated rings. The Morgan fingerprint density at radius 2 is 1.03 bits per heavy atom. The second-order valence-corrected chi connectivity index (χ2v) is 9.58. The molecule has 1 nitrogen and oxygen atoms in total. The molecule has 0 spiro atoms. The summed E-state index contributed by atoms with van der Waals surface area (Å²) in [5.74, 6) is 0.298. The molecule has 170 valence electrons. The summed E-state index contributed by atoms with van der Waals surface area (Å²) in [7, 11) is 0. The molecule has 7 rings (SSSR count). The van der Waals surface area contributed by atoms with E-state index >= 15 is 0 Å². The van der Waals surface area contributed by atoms with Crippen LogP contribution in [0.1, 0.15) is 11.1 Å². The van der Waals surface area contributed by atoms with E-state index < -0.39 is 0 Å². The van der Waals surface area contributed by atoms with Gasteiger partial charge < -0.3 is 5.11 Å². The van der Waals surface area contributed by atoms with Crippen molar-refractivity contribution in [3.8, 4) is 50.3 Å². The van der Waals surface area contributed by atoms with Gasteiger partial charge in [-0.3, -0.25) is 0 Å². The first kappa shape index (κ1) is 20.7. The van der Waals surface area contributed by atoms with Crippen molar-refractivity contribution in [1.29, 1.82) is 0 Å². The van der Waals surface area contributed by atoms with Crippen LogP contribution in [0.25, 0.3) is 55.3 Å². The van der Waals surface area contributed by atoms with Crippen LogP contribution in [0.5, 0.6) is 5.75 Å². The lowest BCUT2D eigenvalue weighted by molar-refractivity contribution is 0.476. The monoisotopic (exact) mass is 460 g/mol. The Hall–Kier alpha value is -4.62. The Morgan fingerprint density at radius 3 is 1.81 bits per heavy atom. The molecule has 0 aromatic heterocycles. The summed E-state index contributed by atoms with van der Waals surface area (Å²) in [5.41, 5.74) is 12.8. The maximum atomic E-state index is 9.91. The van der Waals surface area contributed by atoms with Crippen molar-refractivity contribution >= 4 is 10.8 Å². The van der Waals surface area contributed by atoms with Crippen LogP contribution >= 0.6 is 0 Å². The summed E-state index contributed by atoms with van der Waals surface area (Å²) in [6.45, 7) is 0. The highest BCUT2D eigenvalue weighted by atomic mass is 16.3. The fourth-order valence-electron chi connectivity index (χ4n) is 5.54. The van der Waals surface area contributed by atoms with Crippen LogP contribution in [0, 0.1) is 0 Å². The van der Waals surface area contributed by atoms with Crippen molar-refractivity contribution in [2.45, 2.75) is 6.42 Å². The number of hydrogen-bond donors (Lipinski definition) is 1. The summed E-state index contributed by atoms with van der Waals surface area (Å²) in [4.78, 5) is 0. The van der Waals surface area contributed by atoms with Gasteiger partial charge in [-0.2, -0.15) is 0 Å². The zero-order valence-electron chi connectivity index (χ0n) is 19.8. The molecular weight excluding hydrogens is 436 g/mol. The molecule has 0 amide bonds. The highest BCUT2D eigenvalue weighted by Gasteiger charge is 2.24. The summed E-state index contributed by atoms with van der Waals surface area (Å²) in [6.07, 6.45) is 0.928. The van der Waals surface area contributed by atoms with Gasteiger partial charge in [-0.25, -0.2) is 0 Å². The lowest BCUT2D eigenvalue weighted by Crippen LogP contribution is -1.91. The molecule has 0 aliphatic heterocycles. The Labute approximate surface area is 210 Å². The SMILES string of the molecule is Oc1ccc2cc(-c3cc(-c4ccccc4)cc4c3Cc3ccc(-c5ccccc5)cc3-4)ccc2c1. The summed E-state index contributed by atoms with van der Waals surface area (Å²) in [6, 6.07) is 45.0. The average molecular weight is 461 g/mol. The third-order valence-corrected chi connectivity index (χ3v) is 7.37. The lowest BCUT2D eigenvalue weighted by atomic mass is 9.90. The van der Waals surface area contributed by atoms with Gasteiger partial charge in [0.1, 0.15) is 5.75 Å². The van der Waals surface area contributed by atoms with Gasteiger partial charge in [0.25, 0.3) is 0 Å². The molecule has 0 unspecified atom stereocenters. The first-order valence-electron chi connectivity index (χ1n) is 12.4. The number of hydrogen-bond acceptors (Lipinski definition) is 1. The molecule has 0 heterocycles. The van der Waals surface area contributed by atoms with Gasteiger partial charge in [-0.15, -0.1) is 0 Å². The largest absolute Gasteiger partial charge is 0.508 e. The van der Waals surface area contributed by atoms with Crippen LogP contribution in [-0.4, -0.2) is 5.11 Å². The predicted octanol–water partition coefficient (Wildman–Crippen LogP) is 9.12. The zero-order valence-corrected chi connectivity index (χ0v) is 19.8. The van der Waals surface area contributed by atoms with E-state index in [1.165, 1.54) is 55.6 Å². The number of fused-ring (bicyclic) bond motifs is 4. The van der Waals surface area contributed by atoms with Gasteiger partial charge in [0.15, 0.2) is 0 Å². The molecular formula is C35H24O. The fourth-order valence-corrected chi connectivity index (χ4v) is 5.54. The lowest BCUT2D eigenvalue weighted by Gasteiger charge is -2.14. The molecule has 0 saturated heterocycles. The van der Waals surface area contributed by atoms with E-state index in [-0.39, 0.29) is 0 Å². The molecule has 0 bridgehead atoms. The average Bonchev–Trinajstić information content (AvgIpc) is 3.31. The molecule has 1 N–H and O–H groups in total. The van der Waals surface area contributed by atoms with Gasteiger partial charge >= 0.3 is 0 Å². The normalized spacial score (nSPS) is 11.9. The minimum atomic E-state index is 0.298. The molecule has 6 aromatic rings. The minimum absolute atomic E-state index is 0.298. The second-order valence-electron chi connectivity index (χ2n) is 9.58. The topological polar surface area (TPSA) is 20.2 Å². The third kappa shape index (κ3) is 3.49. The van der Waals surface area contributed by atoms with E-state index in [0.29, 0.717) is 5.75 Å². The van der Waals surface area contributed by atoms with Crippen LogP contribution in [0.15, 0.2) is 127 Å². The summed E-state index contributed by atoms with van der Waals surface area (Å²) >= 11 is 0. The van der Waals surface area contributed by atoms with Gasteiger partial charge in [-0.05, 0) is 109 Å². The van der Waals surface area contributed by atoms with Gasteiger partial charge in [0.05, 0.1) is 0 Å². The Morgan fingerprint density at radius 1 is 0.417 bits per heavy atom. The number of aromatic hydroxyl groups is 1. The van der Waals surface area contributed by atoms with Crippen molar-refractivity contribution in [2.75, 3.05) is 0 Å². The van der Waals surface area contributed by atoms with Crippen LogP contribution in [0.3, 0.4) is 0 Å². The zero-order chi connectivity index (χ0) is 24.1. The van der Waals surface area contributed by atoms with Crippen molar-refractivity contribution < 1.29 is 5.11 Å². The van der Waals surface area contributed by atoms with E-state index in [2.05, 4.69) is 109 Å². The minimum Gasteiger partial charge on any atom is -0.508 e. The first-order valence-corrected chi connectivity index (χ1v) is 12.4. The van der Waals surface area contributed by atoms with Crippen LogP contribution in [0.4, 0.5) is 0 Å². The second kappa shape index (κ2) is 8.25. The quantitative estimate of drug-likeness (QED) is 0.279. The van der Waals surface area contributed by atoms with Gasteiger partial charge in [0.2, 0.25) is 0 Å². The van der Waals surface area contributed by atoms with E-state index in [1.54, 1.807) is 6.07 Å². The highest BCUT2D eigenvalue weighted by molar-refractivity contribution is 5.94. The summed E-state index contributed by atoms with van der Waals surface area (Å²) < 4.78 is 0. The molecule has 36 heavy (non-hydrogen) atoms. The van der Waals surface area contributed by atoms with E-state index in [1.807, 2.05) is 12.1 Å². The third-order valence-electron chi connectivity index (χ3n) is 7.37. The number of phenols is 1. The number of rotatable bonds is 3. The molecule has 0 atom stereocenters. The van der Waals surface area contributed by atoms with Crippen LogP contribution in [0.2, 0.25) is 0 Å². The Kier molecular flexibility index (Phi) is 4.75. The maximum Gasteiger partial charge on any atom is 0.116 e. The molecule has 1 heteroatoms. The molecule has 0 radical (unpaired) electrons. The van der Waals surface area contributed by atoms with Crippen LogP contribution < -0.4 is 0 Å². The smallest absolute Gasteiger partial charge is 0.116 e. The maximum absolute atomic E-state index is 9.91. The molecule has 0 saturated carbocycles. The first-order chi connectivity index (χ1) is 17.7. The highest BCUT2D eigenvalue weighted by Crippen LogP contribution is 2.46. The number of benzene rings is 6. The molecule has 6 aromatic carbocycles. The van der Waals surface area contributed by atoms with Crippen molar-refractivity contribution in [1.82, 2.24) is 0 Å². The van der Waals surface area contributed by atoms with Gasteiger partial charge in [-0.1, -0.05) is 91.0 Å². The predicted molar refractivity (Wildman–Crippen MR) is 150 cm³/mol. The fraction of sp³-hybridized carbons (Fsp3) is 0.0286. The molecule has 1 aliphatic carbocycles. The molecule has 1 aliphatic rings. The van der Waals surface area contributed by atoms with Crippen molar-refractivity contribution in [3.05, 3.63) is 139 Å². The van der Waals surface area contributed by atoms with E-state index in [0.717, 1.165) is 17.2 Å².